The number of likely N-dealkylation sites (tertiary alicyclic amines) is 2. The molecular weight excluding hydrogens is 1190 g/mol. The Balaban J connectivity index is 0.000000317. The molecule has 2 aromatic heterocycles. The molecule has 4 aromatic rings. The van der Waals surface area contributed by atoms with E-state index >= 15 is 0 Å². The van der Waals surface area contributed by atoms with Crippen LogP contribution in [-0.2, 0) is 18.8 Å². The second kappa shape index (κ2) is 33.8. The van der Waals surface area contributed by atoms with Crippen molar-refractivity contribution >= 4 is 81.9 Å². The number of pyridine rings is 2. The number of nitrogens with two attached hydrogens (primary N) is 2. The molecular formula is C56H84BF6IN10O8. The van der Waals surface area contributed by atoms with Crippen LogP contribution in [0.4, 0.5) is 70.6 Å². The van der Waals surface area contributed by atoms with Crippen LogP contribution in [0.2, 0.25) is 0 Å². The Kier molecular flexibility index (Phi) is 29.2. The zero-order valence-electron chi connectivity index (χ0n) is 48.8. The number of hydrogen-bond acceptors (Lipinski definition) is 14. The van der Waals surface area contributed by atoms with Gasteiger partial charge in [0, 0.05) is 93.5 Å². The molecule has 10 N–H and O–H groups in total. The lowest BCUT2D eigenvalue weighted by atomic mass is 9.76. The molecule has 0 bridgehead atoms. The predicted molar refractivity (Wildman–Crippen MR) is 321 cm³/mol. The number of aromatic nitrogens is 2. The van der Waals surface area contributed by atoms with Crippen molar-refractivity contribution in [2.45, 2.75) is 118 Å². The van der Waals surface area contributed by atoms with Crippen molar-refractivity contribution in [1.82, 2.24) is 19.8 Å². The fraction of sp³-hybridized carbons (Fsp3) is 0.571. The fourth-order valence-electron chi connectivity index (χ4n) is 8.56. The molecule has 3 aliphatic heterocycles. The zero-order valence-corrected chi connectivity index (χ0v) is 50.9. The van der Waals surface area contributed by atoms with Gasteiger partial charge in [0.2, 0.25) is 0 Å². The van der Waals surface area contributed by atoms with Crippen molar-refractivity contribution in [1.29, 1.82) is 0 Å². The summed E-state index contributed by atoms with van der Waals surface area (Å²) in [6.07, 6.45) is -9.45. The number of nitrogens with zero attached hydrogens (tertiary/aromatic N) is 4. The maximum atomic E-state index is 12.6. The number of anilines is 6. The first-order valence-corrected chi connectivity index (χ1v) is 28.4. The molecule has 26 heteroatoms. The average molecular weight is 1280 g/mol. The molecule has 3 saturated heterocycles. The van der Waals surface area contributed by atoms with Gasteiger partial charge in [0.15, 0.2) is 0 Å². The normalized spacial score (nSPS) is 17.0. The smallest absolute Gasteiger partial charge is 0.399 e. The van der Waals surface area contributed by atoms with Crippen LogP contribution in [0.1, 0.15) is 92.2 Å². The topological polar surface area (TPSA) is 244 Å². The maximum Gasteiger partial charge on any atom is 0.495 e. The second-order valence-electron chi connectivity index (χ2n) is 20.5. The number of benzene rings is 2. The third-order valence-corrected chi connectivity index (χ3v) is 14.0. The molecule has 2 aromatic carbocycles. The van der Waals surface area contributed by atoms with Gasteiger partial charge in [-0.25, -0.2) is 19.6 Å². The summed E-state index contributed by atoms with van der Waals surface area (Å²) in [5.41, 5.74) is 15.9. The van der Waals surface area contributed by atoms with Gasteiger partial charge in [-0.05, 0) is 187 Å². The van der Waals surface area contributed by atoms with E-state index in [-0.39, 0.29) is 26.3 Å². The first-order valence-electron chi connectivity index (χ1n) is 27.3. The minimum atomic E-state index is -4.22. The van der Waals surface area contributed by atoms with Crippen molar-refractivity contribution in [3.8, 4) is 11.1 Å². The largest absolute Gasteiger partial charge is 0.495 e. The number of carbonyl (C=O) groups is 2. The van der Waals surface area contributed by atoms with Gasteiger partial charge in [-0.15, -0.1) is 0 Å². The van der Waals surface area contributed by atoms with Crippen LogP contribution in [0.5, 0.6) is 0 Å². The number of nitrogens with one attached hydrogen (secondary N) is 4. The molecule has 18 nitrogen and oxygen atoms in total. The number of hydrogen-bond donors (Lipinski definition) is 8. The van der Waals surface area contributed by atoms with Gasteiger partial charge in [-0.2, -0.15) is 26.3 Å². The Morgan fingerprint density at radius 3 is 1.52 bits per heavy atom. The molecule has 0 aliphatic carbocycles. The summed E-state index contributed by atoms with van der Waals surface area (Å²) in [5, 5.41) is 29.0. The minimum absolute atomic E-state index is 0.0489. The number of carbonyl (C=O) groups excluding carboxylic acids is 2. The summed E-state index contributed by atoms with van der Waals surface area (Å²) < 4.78 is 98.4. The van der Waals surface area contributed by atoms with Crippen molar-refractivity contribution in [2.24, 2.45) is 11.8 Å². The standard InChI is InChI=1S/C21H26F3N5O2.C20H28BF3N2O3.C7H10IN3O.2C4H10O/c1-13-2-3-16(27-20(31)29-6-4-14(12-29)11-21(22,23)24)10-17(13)15-8-18(25)28-19(9-15)26-5-7-30;1-13-6-7-15(10-16(13)21-28-18(2,3)19(4,5)29-21)25-17(27)26-9-8-14(12-26)11-20(22,23)24;8-5-3-6(9)11-7(4-5)10-1-2-12;2*1-3-5-4-2/h2-3,8-10,14,30H,4-7,11-12H2,1H3,(H,27,31)(H3,25,26,28);6-7,10,14H,8-9,11-12H2,1-5H3,(H,25,27);3-4,12H,1-2H2,(H3,9,10,11);2*3-4H2,1-2H3/t2*14-;;;/m00.../s1. The quantitative estimate of drug-likeness (QED) is 0.0296. The fourth-order valence-corrected chi connectivity index (χ4v) is 9.18. The van der Waals surface area contributed by atoms with Crippen molar-refractivity contribution < 1.29 is 64.9 Å². The second-order valence-corrected chi connectivity index (χ2v) is 21.8. The first kappa shape index (κ1) is 70.9. The molecule has 3 aliphatic rings. The maximum absolute atomic E-state index is 12.6. The third-order valence-electron chi connectivity index (χ3n) is 13.3. The van der Waals surface area contributed by atoms with Crippen LogP contribution in [0.3, 0.4) is 0 Å². The van der Waals surface area contributed by atoms with Crippen molar-refractivity contribution in [3.05, 3.63) is 75.4 Å². The van der Waals surface area contributed by atoms with E-state index in [1.807, 2.05) is 87.4 Å². The molecule has 5 heterocycles. The van der Waals surface area contributed by atoms with Crippen LogP contribution >= 0.6 is 22.6 Å². The SMILES string of the molecule is CCOCC.CCOCC.Cc1ccc(NC(=O)N2CC[C@@H](CC(F)(F)F)C2)cc1-c1cc(N)nc(NCCO)c1.Cc1ccc(NC(=O)N2CC[C@@H](CC(F)(F)F)C2)cc1B1OC(C)(C)C(C)(C)O1.Nc1cc(I)cc(NCCO)n1. The molecule has 0 spiro atoms. The van der Waals surface area contributed by atoms with Gasteiger partial charge in [0.05, 0.1) is 24.4 Å². The number of aliphatic hydroxyl groups is 2. The number of aliphatic hydroxyl groups excluding tert-OH is 2. The Morgan fingerprint density at radius 2 is 1.11 bits per heavy atom. The van der Waals surface area contributed by atoms with Crippen molar-refractivity contribution in [3.63, 3.8) is 0 Å². The van der Waals surface area contributed by atoms with E-state index in [0.29, 0.717) is 73.7 Å². The van der Waals surface area contributed by atoms with Crippen LogP contribution in [-0.4, -0.2) is 152 Å². The number of alkyl halides is 6. The highest BCUT2D eigenvalue weighted by molar-refractivity contribution is 14.1. The minimum Gasteiger partial charge on any atom is -0.399 e. The number of amides is 4. The summed E-state index contributed by atoms with van der Waals surface area (Å²) in [4.78, 5) is 36.1. The van der Waals surface area contributed by atoms with Gasteiger partial charge < -0.3 is 71.5 Å². The number of ether oxygens (including phenoxy) is 2. The molecule has 0 radical (unpaired) electrons. The van der Waals surface area contributed by atoms with E-state index in [2.05, 4.69) is 53.8 Å². The highest BCUT2D eigenvalue weighted by atomic mass is 127. The Hall–Kier alpha value is -5.39. The third kappa shape index (κ3) is 24.8. The highest BCUT2D eigenvalue weighted by Gasteiger charge is 2.52. The molecule has 0 unspecified atom stereocenters. The van der Waals surface area contributed by atoms with Crippen LogP contribution in [0.25, 0.3) is 11.1 Å². The molecule has 0 saturated carbocycles. The zero-order chi connectivity index (χ0) is 61.4. The van der Waals surface area contributed by atoms with E-state index < -0.39 is 67.4 Å². The Morgan fingerprint density at radius 1 is 0.683 bits per heavy atom. The lowest BCUT2D eigenvalue weighted by Gasteiger charge is -2.32. The summed E-state index contributed by atoms with van der Waals surface area (Å²) in [6, 6.07) is 17.2. The molecule has 4 amide bonds. The van der Waals surface area contributed by atoms with Gasteiger partial charge in [0.25, 0.3) is 0 Å². The summed E-state index contributed by atoms with van der Waals surface area (Å²) in [5.74, 6) is 0.907. The predicted octanol–water partition coefficient (Wildman–Crippen LogP) is 10.7. The molecule has 3 fully saturated rings. The summed E-state index contributed by atoms with van der Waals surface area (Å²) in [7, 11) is -0.556. The molecule has 458 valence electrons. The van der Waals surface area contributed by atoms with Crippen LogP contribution in [0.15, 0.2) is 60.7 Å². The average Bonchev–Trinajstić information content (AvgIpc) is 4.26. The number of nitrogen functional groups attached to an aromatic ring is 2. The Bertz CT molecular complexity index is 2560. The highest BCUT2D eigenvalue weighted by Crippen LogP contribution is 2.38. The Labute approximate surface area is 492 Å². The van der Waals surface area contributed by atoms with Gasteiger partial charge in [-0.3, -0.25) is 0 Å². The van der Waals surface area contributed by atoms with Gasteiger partial charge in [-0.1, -0.05) is 17.7 Å². The van der Waals surface area contributed by atoms with Gasteiger partial charge in [0.1, 0.15) is 23.3 Å². The monoisotopic (exact) mass is 1280 g/mol. The lowest BCUT2D eigenvalue weighted by Crippen LogP contribution is -2.41. The van der Waals surface area contributed by atoms with E-state index in [0.717, 1.165) is 57.7 Å². The number of rotatable bonds is 16. The summed E-state index contributed by atoms with van der Waals surface area (Å²) >= 11 is 2.16. The number of urea groups is 2. The van der Waals surface area contributed by atoms with Crippen LogP contribution in [0, 0.1) is 29.3 Å². The van der Waals surface area contributed by atoms with Crippen molar-refractivity contribution in [2.75, 3.05) is 112 Å². The summed E-state index contributed by atoms with van der Waals surface area (Å²) in [6.45, 7) is 24.8. The lowest BCUT2D eigenvalue weighted by molar-refractivity contribution is -0.144. The van der Waals surface area contributed by atoms with Gasteiger partial charge >= 0.3 is 31.5 Å². The van der Waals surface area contributed by atoms with E-state index in [4.69, 9.17) is 40.5 Å². The van der Waals surface area contributed by atoms with E-state index in [9.17, 15) is 35.9 Å². The first-order chi connectivity index (χ1) is 38.5. The number of halogens is 7. The van der Waals surface area contributed by atoms with Crippen LogP contribution < -0.4 is 38.2 Å². The van der Waals surface area contributed by atoms with E-state index in [1.165, 1.54) is 9.80 Å². The number of aryl methyl sites for hydroxylation is 2. The molecule has 7 rings (SSSR count). The molecule has 82 heavy (non-hydrogen) atoms. The van der Waals surface area contributed by atoms with E-state index in [1.54, 1.807) is 42.5 Å². The molecule has 2 atom stereocenters.